The van der Waals surface area contributed by atoms with E-state index >= 15 is 0 Å². The zero-order chi connectivity index (χ0) is 18.8. The van der Waals surface area contributed by atoms with Crippen molar-refractivity contribution in [1.82, 2.24) is 4.90 Å². The van der Waals surface area contributed by atoms with E-state index in [0.29, 0.717) is 26.0 Å². The van der Waals surface area contributed by atoms with Gasteiger partial charge in [-0.15, -0.1) is 0 Å². The molecule has 1 aliphatic heterocycles. The number of nitrogens with zero attached hydrogens (tertiary/aromatic N) is 1. The number of likely N-dealkylation sites (tertiary alicyclic amines) is 1. The lowest BCUT2D eigenvalue weighted by molar-refractivity contribution is -0.156. The summed E-state index contributed by atoms with van der Waals surface area (Å²) < 4.78 is 5.74. The van der Waals surface area contributed by atoms with Gasteiger partial charge in [-0.3, -0.25) is 4.79 Å². The number of aliphatic hydroxyl groups is 1. The van der Waals surface area contributed by atoms with Crippen LogP contribution in [0.15, 0.2) is 30.3 Å². The van der Waals surface area contributed by atoms with Crippen molar-refractivity contribution < 1.29 is 14.6 Å². The van der Waals surface area contributed by atoms with Gasteiger partial charge in [0.1, 0.15) is 0 Å². The van der Waals surface area contributed by atoms with Gasteiger partial charge in [-0.2, -0.15) is 0 Å². The lowest BCUT2D eigenvalue weighted by atomic mass is 9.66. The highest BCUT2D eigenvalue weighted by molar-refractivity contribution is 5.77. The van der Waals surface area contributed by atoms with Crippen molar-refractivity contribution in [2.24, 2.45) is 5.92 Å². The van der Waals surface area contributed by atoms with Crippen LogP contribution in [0.5, 0.6) is 0 Å². The summed E-state index contributed by atoms with van der Waals surface area (Å²) in [6.45, 7) is 7.11. The molecular weight excluding hydrogens is 326 g/mol. The normalized spacial score (nSPS) is 29.3. The van der Waals surface area contributed by atoms with E-state index in [2.05, 4.69) is 0 Å². The smallest absolute Gasteiger partial charge is 0.225 e. The van der Waals surface area contributed by atoms with Crippen LogP contribution in [0.3, 0.4) is 0 Å². The number of rotatable bonds is 4. The van der Waals surface area contributed by atoms with Crippen LogP contribution in [0.1, 0.15) is 64.9 Å². The standard InChI is InChI=1S/C22H33NO3/c1-21(2,3)26-16-13-20(24)23-15-14-22(25,17-9-5-4-6-10-17)18-11-7-8-12-19(18)23/h4-6,9-10,18-19,25H,7-8,11-16H2,1-3H3. The molecule has 1 heterocycles. The summed E-state index contributed by atoms with van der Waals surface area (Å²) in [5.74, 6) is 0.293. The zero-order valence-corrected chi connectivity index (χ0v) is 16.4. The van der Waals surface area contributed by atoms with Gasteiger partial charge in [0.2, 0.25) is 5.91 Å². The summed E-state index contributed by atoms with van der Waals surface area (Å²) in [6.07, 6.45) is 5.28. The number of carbonyl (C=O) groups is 1. The minimum atomic E-state index is -0.814. The van der Waals surface area contributed by atoms with Gasteiger partial charge in [-0.05, 0) is 45.6 Å². The SMILES string of the molecule is CC(C)(C)OCCC(=O)N1CCC(O)(c2ccccc2)C2CCCCC21. The first kappa shape index (κ1) is 19.4. The second kappa shape index (κ2) is 7.69. The van der Waals surface area contributed by atoms with Crippen LogP contribution >= 0.6 is 0 Å². The first-order chi connectivity index (χ1) is 12.3. The minimum absolute atomic E-state index is 0.125. The van der Waals surface area contributed by atoms with Crippen molar-refractivity contribution in [2.75, 3.05) is 13.2 Å². The molecule has 144 valence electrons. The van der Waals surface area contributed by atoms with Crippen molar-refractivity contribution in [3.63, 3.8) is 0 Å². The molecule has 0 bridgehead atoms. The van der Waals surface area contributed by atoms with E-state index < -0.39 is 5.60 Å². The maximum absolute atomic E-state index is 12.9. The Kier molecular flexibility index (Phi) is 5.73. The number of benzene rings is 1. The molecule has 26 heavy (non-hydrogen) atoms. The molecule has 1 saturated carbocycles. The summed E-state index contributed by atoms with van der Waals surface area (Å²) in [7, 11) is 0. The number of hydrogen-bond acceptors (Lipinski definition) is 3. The zero-order valence-electron chi connectivity index (χ0n) is 16.4. The number of amides is 1. The summed E-state index contributed by atoms with van der Waals surface area (Å²) >= 11 is 0. The van der Waals surface area contributed by atoms with Gasteiger partial charge in [0.15, 0.2) is 0 Å². The van der Waals surface area contributed by atoms with Crippen LogP contribution in [0.25, 0.3) is 0 Å². The Morgan fingerprint density at radius 1 is 1.23 bits per heavy atom. The van der Waals surface area contributed by atoms with Crippen LogP contribution in [0.2, 0.25) is 0 Å². The number of hydrogen-bond donors (Lipinski definition) is 1. The third-order valence-electron chi connectivity index (χ3n) is 5.92. The average Bonchev–Trinajstić information content (AvgIpc) is 2.62. The summed E-state index contributed by atoms with van der Waals surface area (Å²) in [4.78, 5) is 14.9. The van der Waals surface area contributed by atoms with E-state index in [9.17, 15) is 9.90 Å². The molecule has 0 aromatic heterocycles. The first-order valence-electron chi connectivity index (χ1n) is 10.0. The maximum atomic E-state index is 12.9. The molecule has 1 aromatic carbocycles. The number of ether oxygens (including phenoxy) is 1. The number of fused-ring (bicyclic) bond motifs is 1. The lowest BCUT2D eigenvalue weighted by Gasteiger charge is -2.52. The van der Waals surface area contributed by atoms with Gasteiger partial charge < -0.3 is 14.7 Å². The second-order valence-corrected chi connectivity index (χ2v) is 8.80. The van der Waals surface area contributed by atoms with Crippen molar-refractivity contribution in [1.29, 1.82) is 0 Å². The second-order valence-electron chi connectivity index (χ2n) is 8.80. The fraction of sp³-hybridized carbons (Fsp3) is 0.682. The molecule has 4 heteroatoms. The highest BCUT2D eigenvalue weighted by Crippen LogP contribution is 2.47. The molecule has 3 atom stereocenters. The molecule has 1 amide bonds. The third kappa shape index (κ3) is 4.12. The lowest BCUT2D eigenvalue weighted by Crippen LogP contribution is -2.59. The minimum Gasteiger partial charge on any atom is -0.385 e. The van der Waals surface area contributed by atoms with Gasteiger partial charge in [0, 0.05) is 18.5 Å². The molecule has 2 fully saturated rings. The van der Waals surface area contributed by atoms with Crippen LogP contribution in [-0.4, -0.2) is 40.7 Å². The van der Waals surface area contributed by atoms with Crippen molar-refractivity contribution in [3.05, 3.63) is 35.9 Å². The molecule has 3 rings (SSSR count). The molecule has 4 nitrogen and oxygen atoms in total. The quantitative estimate of drug-likeness (QED) is 0.888. The van der Waals surface area contributed by atoms with Gasteiger partial charge in [-0.25, -0.2) is 0 Å². The van der Waals surface area contributed by atoms with Crippen molar-refractivity contribution >= 4 is 5.91 Å². The fourth-order valence-electron chi connectivity index (χ4n) is 4.67. The topological polar surface area (TPSA) is 49.8 Å². The van der Waals surface area contributed by atoms with E-state index in [1.54, 1.807) is 0 Å². The first-order valence-corrected chi connectivity index (χ1v) is 10.0. The predicted octanol–water partition coefficient (Wildman–Crippen LogP) is 3.87. The van der Waals surface area contributed by atoms with E-state index in [0.717, 1.165) is 31.2 Å². The van der Waals surface area contributed by atoms with Crippen LogP contribution < -0.4 is 0 Å². The Bertz CT molecular complexity index is 610. The van der Waals surface area contributed by atoms with E-state index in [1.165, 1.54) is 0 Å². The Balaban J connectivity index is 1.73. The Hall–Kier alpha value is -1.39. The van der Waals surface area contributed by atoms with Crippen LogP contribution in [0.4, 0.5) is 0 Å². The number of carbonyl (C=O) groups excluding carboxylic acids is 1. The van der Waals surface area contributed by atoms with E-state index in [1.807, 2.05) is 56.0 Å². The monoisotopic (exact) mass is 359 g/mol. The highest BCUT2D eigenvalue weighted by Gasteiger charge is 2.50. The van der Waals surface area contributed by atoms with Gasteiger partial charge in [0.05, 0.1) is 24.2 Å². The average molecular weight is 360 g/mol. The summed E-state index contributed by atoms with van der Waals surface area (Å²) in [5, 5.41) is 11.6. The highest BCUT2D eigenvalue weighted by atomic mass is 16.5. The predicted molar refractivity (Wildman–Crippen MR) is 103 cm³/mol. The van der Waals surface area contributed by atoms with Crippen LogP contribution in [0, 0.1) is 5.92 Å². The maximum Gasteiger partial charge on any atom is 0.225 e. The molecular formula is C22H33NO3. The molecule has 1 aliphatic carbocycles. The van der Waals surface area contributed by atoms with E-state index in [4.69, 9.17) is 4.74 Å². The molecule has 0 radical (unpaired) electrons. The Labute approximate surface area is 157 Å². The van der Waals surface area contributed by atoms with E-state index in [-0.39, 0.29) is 23.5 Å². The third-order valence-corrected chi connectivity index (χ3v) is 5.92. The van der Waals surface area contributed by atoms with Crippen LogP contribution in [-0.2, 0) is 15.1 Å². The Morgan fingerprint density at radius 3 is 2.62 bits per heavy atom. The number of piperidine rings is 1. The molecule has 3 unspecified atom stereocenters. The van der Waals surface area contributed by atoms with Crippen molar-refractivity contribution in [3.8, 4) is 0 Å². The van der Waals surface area contributed by atoms with Gasteiger partial charge in [-0.1, -0.05) is 43.2 Å². The van der Waals surface area contributed by atoms with Gasteiger partial charge in [0.25, 0.3) is 0 Å². The van der Waals surface area contributed by atoms with Gasteiger partial charge >= 0.3 is 0 Å². The molecule has 1 saturated heterocycles. The molecule has 2 aliphatic rings. The fourth-order valence-corrected chi connectivity index (χ4v) is 4.67. The summed E-state index contributed by atoms with van der Waals surface area (Å²) in [6, 6.07) is 10.2. The molecule has 0 spiro atoms. The molecule has 1 N–H and O–H groups in total. The molecule has 1 aromatic rings. The largest absolute Gasteiger partial charge is 0.385 e. The van der Waals surface area contributed by atoms with Crippen molar-refractivity contribution in [2.45, 2.75) is 76.5 Å². The Morgan fingerprint density at radius 2 is 1.92 bits per heavy atom. The summed E-state index contributed by atoms with van der Waals surface area (Å²) in [5.41, 5.74) is -0.0335.